The Kier molecular flexibility index (Phi) is 7.34. The van der Waals surface area contributed by atoms with Crippen LogP contribution in [0, 0.1) is 0 Å². The van der Waals surface area contributed by atoms with E-state index in [0.29, 0.717) is 0 Å². The van der Waals surface area contributed by atoms with Crippen LogP contribution in [0.5, 0.6) is 0 Å². The first kappa shape index (κ1) is 27.8. The third kappa shape index (κ3) is 5.68. The zero-order valence-corrected chi connectivity index (χ0v) is 25.8. The second kappa shape index (κ2) is 11.6. The molecule has 0 atom stereocenters. The van der Waals surface area contributed by atoms with Gasteiger partial charge in [0.1, 0.15) is 7.14 Å². The zero-order chi connectivity index (χ0) is 30.1. The molecule has 2 heteroatoms. The van der Waals surface area contributed by atoms with Crippen molar-refractivity contribution in [2.24, 2.45) is 0 Å². The molecular weight excluding hydrogens is 551 g/mol. The Labute approximate surface area is 259 Å². The van der Waals surface area contributed by atoms with Gasteiger partial charge >= 0.3 is 0 Å². The van der Waals surface area contributed by atoms with Crippen LogP contribution in [0.4, 0.5) is 0 Å². The fourth-order valence-electron chi connectivity index (χ4n) is 5.95. The van der Waals surface area contributed by atoms with E-state index in [1.807, 2.05) is 25.5 Å². The number of hydrogen-bond acceptors (Lipinski definition) is 1. The number of hydrogen-bond donors (Lipinski definition) is 0. The average Bonchev–Trinajstić information content (AvgIpc) is 3.08. The van der Waals surface area contributed by atoms with Gasteiger partial charge in [-0.2, -0.15) is 0 Å². The van der Waals surface area contributed by atoms with Crippen molar-refractivity contribution in [3.05, 3.63) is 164 Å². The summed E-state index contributed by atoms with van der Waals surface area (Å²) in [5, 5.41) is 3.32. The Bertz CT molecular complexity index is 2140. The van der Waals surface area contributed by atoms with Gasteiger partial charge in [0.2, 0.25) is 0 Å². The van der Waals surface area contributed by atoms with Gasteiger partial charge in [-0.25, -0.2) is 0 Å². The largest absolute Gasteiger partial charge is 0.319 e. The van der Waals surface area contributed by atoms with Gasteiger partial charge in [0, 0.05) is 5.30 Å². The Morgan fingerprint density at radius 1 is 0.341 bits per heavy atom. The fourth-order valence-corrected chi connectivity index (χ4v) is 6.81. The highest BCUT2D eigenvalue weighted by Gasteiger charge is 2.13. The Morgan fingerprint density at radius 2 is 0.795 bits per heavy atom. The van der Waals surface area contributed by atoms with E-state index in [9.17, 15) is 4.57 Å². The first-order valence-corrected chi connectivity index (χ1v) is 17.6. The van der Waals surface area contributed by atoms with Crippen LogP contribution in [-0.2, 0) is 4.57 Å². The van der Waals surface area contributed by atoms with Crippen LogP contribution in [0.25, 0.3) is 66.4 Å². The molecule has 44 heavy (non-hydrogen) atoms. The van der Waals surface area contributed by atoms with Gasteiger partial charge in [-0.15, -0.1) is 0 Å². The highest BCUT2D eigenvalue weighted by Crippen LogP contribution is 2.38. The minimum absolute atomic E-state index is 0.914. The van der Waals surface area contributed by atoms with Gasteiger partial charge in [-0.3, -0.25) is 0 Å². The predicted molar refractivity (Wildman–Crippen MR) is 190 cm³/mol. The topological polar surface area (TPSA) is 17.1 Å². The van der Waals surface area contributed by atoms with Crippen LogP contribution in [0.15, 0.2) is 164 Å². The van der Waals surface area contributed by atoms with Gasteiger partial charge in [-0.05, 0) is 104 Å². The van der Waals surface area contributed by atoms with Gasteiger partial charge in [-0.1, -0.05) is 140 Å². The minimum atomic E-state index is -2.26. The van der Waals surface area contributed by atoms with E-state index in [2.05, 4.69) is 152 Å². The monoisotopic (exact) mass is 584 g/mol. The lowest BCUT2D eigenvalue weighted by Gasteiger charge is -2.14. The Hall–Kier alpha value is -4.97. The van der Waals surface area contributed by atoms with Crippen molar-refractivity contribution in [3.63, 3.8) is 0 Å². The van der Waals surface area contributed by atoms with E-state index in [1.54, 1.807) is 0 Å². The molecule has 0 aromatic heterocycles. The third-order valence-electron chi connectivity index (χ3n) is 8.38. The van der Waals surface area contributed by atoms with Crippen LogP contribution < -0.4 is 5.30 Å². The quantitative estimate of drug-likeness (QED) is 0.178. The maximum Gasteiger partial charge on any atom is 0.109 e. The van der Waals surface area contributed by atoms with E-state index in [-0.39, 0.29) is 0 Å². The zero-order valence-electron chi connectivity index (χ0n) is 24.9. The SMILES string of the molecule is CP(C)(=O)c1ccc(-c2ccc3cc(-c4cccc(-c5ccc(-c6ccccc6)cc5-c5ccccc5)c4)ccc3c2)cc1. The molecule has 7 aromatic carbocycles. The number of rotatable bonds is 6. The molecule has 0 amide bonds. The molecule has 0 saturated heterocycles. The molecule has 212 valence electrons. The molecule has 0 N–H and O–H groups in total. The summed E-state index contributed by atoms with van der Waals surface area (Å²) in [6.45, 7) is 3.63. The lowest BCUT2D eigenvalue weighted by atomic mass is 9.89. The molecule has 7 aromatic rings. The van der Waals surface area contributed by atoms with E-state index >= 15 is 0 Å². The molecule has 7 rings (SSSR count). The van der Waals surface area contributed by atoms with Crippen molar-refractivity contribution in [2.75, 3.05) is 13.3 Å². The van der Waals surface area contributed by atoms with Crippen molar-refractivity contribution in [2.45, 2.75) is 0 Å². The maximum atomic E-state index is 12.4. The first-order valence-electron chi connectivity index (χ1n) is 15.0. The standard InChI is InChI=1S/C42H33OP/c1-44(2,43)40-23-20-31(21-24-40)34-16-17-37-27-35(18-19-36(37)26-34)33-14-9-15-39(28-33)41-25-22-38(30-10-5-3-6-11-30)29-42(41)32-12-7-4-8-13-32/h3-29H,1-2H3. The van der Waals surface area contributed by atoms with Crippen LogP contribution in [0.2, 0.25) is 0 Å². The van der Waals surface area contributed by atoms with E-state index in [4.69, 9.17) is 0 Å². The van der Waals surface area contributed by atoms with E-state index in [0.717, 1.165) is 16.4 Å². The minimum Gasteiger partial charge on any atom is -0.319 e. The molecule has 1 nitrogen and oxygen atoms in total. The molecular formula is C42H33OP. The molecule has 0 fully saturated rings. The molecule has 0 aliphatic carbocycles. The summed E-state index contributed by atoms with van der Waals surface area (Å²) in [5.41, 5.74) is 12.0. The molecule has 0 saturated carbocycles. The molecule has 0 aliphatic heterocycles. The summed E-state index contributed by atoms with van der Waals surface area (Å²) in [7, 11) is -2.26. The smallest absolute Gasteiger partial charge is 0.109 e. The van der Waals surface area contributed by atoms with Crippen molar-refractivity contribution in [1.29, 1.82) is 0 Å². The summed E-state index contributed by atoms with van der Waals surface area (Å²) in [4.78, 5) is 0. The summed E-state index contributed by atoms with van der Waals surface area (Å²) in [6, 6.07) is 58.4. The van der Waals surface area contributed by atoms with Crippen LogP contribution in [-0.4, -0.2) is 13.3 Å². The van der Waals surface area contributed by atoms with Crippen molar-refractivity contribution in [3.8, 4) is 55.6 Å². The Morgan fingerprint density at radius 3 is 1.43 bits per heavy atom. The highest BCUT2D eigenvalue weighted by atomic mass is 31.2. The van der Waals surface area contributed by atoms with Crippen molar-refractivity contribution < 1.29 is 4.57 Å². The molecule has 0 aliphatic rings. The molecule has 0 unspecified atom stereocenters. The lowest BCUT2D eigenvalue weighted by molar-refractivity contribution is 0.588. The normalized spacial score (nSPS) is 11.5. The van der Waals surface area contributed by atoms with Gasteiger partial charge in [0.05, 0.1) is 0 Å². The van der Waals surface area contributed by atoms with E-state index < -0.39 is 7.14 Å². The van der Waals surface area contributed by atoms with Crippen LogP contribution >= 0.6 is 7.14 Å². The van der Waals surface area contributed by atoms with Crippen LogP contribution in [0.1, 0.15) is 0 Å². The average molecular weight is 585 g/mol. The summed E-state index contributed by atoms with van der Waals surface area (Å²) in [5.74, 6) is 0. The lowest BCUT2D eigenvalue weighted by Crippen LogP contribution is -2.01. The van der Waals surface area contributed by atoms with Gasteiger partial charge in [0.15, 0.2) is 0 Å². The third-order valence-corrected chi connectivity index (χ3v) is 9.92. The number of fused-ring (bicyclic) bond motifs is 1. The highest BCUT2D eigenvalue weighted by molar-refractivity contribution is 7.70. The summed E-state index contributed by atoms with van der Waals surface area (Å²) < 4.78 is 12.4. The first-order chi connectivity index (χ1) is 21.4. The van der Waals surface area contributed by atoms with Gasteiger partial charge < -0.3 is 4.57 Å². The fraction of sp³-hybridized carbons (Fsp3) is 0.0476. The molecule has 0 spiro atoms. The molecule has 0 radical (unpaired) electrons. The van der Waals surface area contributed by atoms with Gasteiger partial charge in [0.25, 0.3) is 0 Å². The molecule has 0 bridgehead atoms. The predicted octanol–water partition coefficient (Wildman–Crippen LogP) is 11.4. The maximum absolute atomic E-state index is 12.4. The van der Waals surface area contributed by atoms with Crippen LogP contribution in [0.3, 0.4) is 0 Å². The molecule has 0 heterocycles. The second-order valence-electron chi connectivity index (χ2n) is 11.7. The van der Waals surface area contributed by atoms with Crippen molar-refractivity contribution in [1.82, 2.24) is 0 Å². The Balaban J connectivity index is 1.24. The summed E-state index contributed by atoms with van der Waals surface area (Å²) >= 11 is 0. The van der Waals surface area contributed by atoms with Crippen molar-refractivity contribution >= 4 is 23.2 Å². The number of benzene rings is 7. The second-order valence-corrected chi connectivity index (χ2v) is 15.0. The summed E-state index contributed by atoms with van der Waals surface area (Å²) in [6.07, 6.45) is 0. The van der Waals surface area contributed by atoms with E-state index in [1.165, 1.54) is 55.3 Å².